The van der Waals surface area contributed by atoms with Crippen LogP contribution in [-0.4, -0.2) is 12.6 Å². The van der Waals surface area contributed by atoms with Crippen molar-refractivity contribution in [1.29, 1.82) is 0 Å². The number of esters is 1. The van der Waals surface area contributed by atoms with E-state index in [2.05, 4.69) is 89.3 Å². The van der Waals surface area contributed by atoms with E-state index in [1.165, 1.54) is 80.9 Å². The van der Waals surface area contributed by atoms with Gasteiger partial charge in [0.2, 0.25) is 0 Å². The molecule has 0 bridgehead atoms. The van der Waals surface area contributed by atoms with Gasteiger partial charge in [-0.2, -0.15) is 0 Å². The fraction of sp³-hybridized carbons (Fsp3) is 0.605. The molecule has 2 nitrogen and oxygen atoms in total. The molecule has 0 spiro atoms. The number of carbonyl (C=O) groups is 1. The molecule has 0 heterocycles. The van der Waals surface area contributed by atoms with Crippen LogP contribution in [0.3, 0.4) is 0 Å². The van der Waals surface area contributed by atoms with E-state index < -0.39 is 0 Å². The second kappa shape index (κ2) is 22.4. The molecule has 0 amide bonds. The van der Waals surface area contributed by atoms with Crippen molar-refractivity contribution >= 4 is 5.97 Å². The average molecular weight is 549 g/mol. The lowest BCUT2D eigenvalue weighted by Crippen LogP contribution is -2.19. The summed E-state index contributed by atoms with van der Waals surface area (Å²) in [5.41, 5.74) is 5.63. The Morgan fingerprint density at radius 1 is 0.875 bits per heavy atom. The van der Waals surface area contributed by atoms with Gasteiger partial charge in [0, 0.05) is 6.42 Å². The normalized spacial score (nSPS) is 16.9. The molecule has 224 valence electrons. The number of hydrogen-bond acceptors (Lipinski definition) is 2. The maximum Gasteiger partial charge on any atom is 0.306 e. The van der Waals surface area contributed by atoms with Crippen molar-refractivity contribution < 1.29 is 9.53 Å². The molecule has 0 aliphatic heterocycles. The topological polar surface area (TPSA) is 26.3 Å². The van der Waals surface area contributed by atoms with Crippen LogP contribution in [0.15, 0.2) is 83.1 Å². The summed E-state index contributed by atoms with van der Waals surface area (Å²) in [5, 5.41) is 0. The number of ether oxygens (including phenoxy) is 1. The lowest BCUT2D eigenvalue weighted by Gasteiger charge is -2.32. The van der Waals surface area contributed by atoms with Crippen molar-refractivity contribution in [1.82, 2.24) is 0 Å². The van der Waals surface area contributed by atoms with Gasteiger partial charge in [-0.25, -0.2) is 0 Å². The van der Waals surface area contributed by atoms with Gasteiger partial charge in [0.15, 0.2) is 0 Å². The van der Waals surface area contributed by atoms with E-state index in [0.29, 0.717) is 13.0 Å². The number of unbranched alkanes of at least 4 members (excludes halogenated alkanes) is 8. The molecule has 0 aromatic heterocycles. The highest BCUT2D eigenvalue weighted by atomic mass is 16.5. The van der Waals surface area contributed by atoms with E-state index in [4.69, 9.17) is 4.74 Å². The SMILES string of the molecule is CCCCC/C=C\C/C=C\CCCCCCCC(=O)OC\C=C(C)/C=C/C=C(C)\C=C\C1=C(C)CCCC1(C)C. The van der Waals surface area contributed by atoms with Gasteiger partial charge in [-0.15, -0.1) is 0 Å². The van der Waals surface area contributed by atoms with E-state index in [-0.39, 0.29) is 11.4 Å². The summed E-state index contributed by atoms with van der Waals surface area (Å²) in [5.74, 6) is -0.0881. The molecule has 0 fully saturated rings. The molecular weight excluding hydrogens is 488 g/mol. The molecule has 1 aliphatic rings. The van der Waals surface area contributed by atoms with Crippen molar-refractivity contribution in [2.75, 3.05) is 6.61 Å². The Bertz CT molecular complexity index is 917. The van der Waals surface area contributed by atoms with Crippen LogP contribution in [0.25, 0.3) is 0 Å². The average Bonchev–Trinajstić information content (AvgIpc) is 2.90. The summed E-state index contributed by atoms with van der Waals surface area (Å²) in [6, 6.07) is 0. The predicted octanol–water partition coefficient (Wildman–Crippen LogP) is 11.9. The molecule has 1 aliphatic carbocycles. The van der Waals surface area contributed by atoms with E-state index in [0.717, 1.165) is 31.3 Å². The van der Waals surface area contributed by atoms with Crippen LogP contribution in [-0.2, 0) is 9.53 Å². The van der Waals surface area contributed by atoms with E-state index in [1.807, 2.05) is 13.0 Å². The van der Waals surface area contributed by atoms with Gasteiger partial charge in [0.25, 0.3) is 0 Å². The van der Waals surface area contributed by atoms with Crippen molar-refractivity contribution in [3.05, 3.63) is 83.1 Å². The first-order valence-electron chi connectivity index (χ1n) is 16.1. The van der Waals surface area contributed by atoms with Crippen LogP contribution >= 0.6 is 0 Å². The summed E-state index contributed by atoms with van der Waals surface area (Å²) in [6.45, 7) is 13.8. The first-order valence-corrected chi connectivity index (χ1v) is 16.1. The fourth-order valence-electron chi connectivity index (χ4n) is 5.12. The largest absolute Gasteiger partial charge is 0.461 e. The highest BCUT2D eigenvalue weighted by molar-refractivity contribution is 5.69. The molecule has 0 aromatic carbocycles. The Morgan fingerprint density at radius 2 is 1.55 bits per heavy atom. The summed E-state index contributed by atoms with van der Waals surface area (Å²) < 4.78 is 5.40. The van der Waals surface area contributed by atoms with E-state index in [1.54, 1.807) is 0 Å². The quantitative estimate of drug-likeness (QED) is 0.0654. The van der Waals surface area contributed by atoms with Crippen LogP contribution in [0.1, 0.15) is 138 Å². The summed E-state index contributed by atoms with van der Waals surface area (Å²) in [4.78, 5) is 12.0. The molecule has 0 saturated carbocycles. The highest BCUT2D eigenvalue weighted by Crippen LogP contribution is 2.40. The maximum atomic E-state index is 12.0. The molecule has 0 atom stereocenters. The minimum atomic E-state index is -0.0881. The Hall–Kier alpha value is -2.35. The van der Waals surface area contributed by atoms with Crippen molar-refractivity contribution in [2.24, 2.45) is 5.41 Å². The minimum Gasteiger partial charge on any atom is -0.461 e. The van der Waals surface area contributed by atoms with Gasteiger partial charge in [-0.3, -0.25) is 4.79 Å². The minimum absolute atomic E-state index is 0.0881. The zero-order valence-corrected chi connectivity index (χ0v) is 26.9. The smallest absolute Gasteiger partial charge is 0.306 e. The third-order valence-corrected chi connectivity index (χ3v) is 7.75. The van der Waals surface area contributed by atoms with Crippen molar-refractivity contribution in [2.45, 2.75) is 138 Å². The van der Waals surface area contributed by atoms with Crippen LogP contribution in [0, 0.1) is 5.41 Å². The molecule has 0 unspecified atom stereocenters. The fourth-order valence-corrected chi connectivity index (χ4v) is 5.12. The van der Waals surface area contributed by atoms with Gasteiger partial charge < -0.3 is 4.74 Å². The van der Waals surface area contributed by atoms with Gasteiger partial charge in [0.1, 0.15) is 6.61 Å². The highest BCUT2D eigenvalue weighted by Gasteiger charge is 2.26. The third-order valence-electron chi connectivity index (χ3n) is 7.75. The number of carbonyl (C=O) groups excluding carboxylic acids is 1. The number of allylic oxidation sites excluding steroid dienone is 13. The standard InChI is InChI=1S/C38H60O2/c1-7-8-9-10-11-12-13-14-15-16-17-18-19-20-21-27-37(39)40-32-30-34(3)25-22-24-33(2)28-29-36-35(4)26-23-31-38(36,5)6/h11-12,14-15,22,24-25,28-30H,7-10,13,16-21,23,26-27,31-32H2,1-6H3/b12-11-,15-14-,25-22+,29-28+,33-24-,34-30-. The summed E-state index contributed by atoms with van der Waals surface area (Å²) in [6.07, 6.45) is 39.4. The zero-order chi connectivity index (χ0) is 29.5. The Morgan fingerprint density at radius 3 is 2.25 bits per heavy atom. The van der Waals surface area contributed by atoms with Crippen LogP contribution in [0.5, 0.6) is 0 Å². The Kier molecular flexibility index (Phi) is 19.9. The predicted molar refractivity (Wildman–Crippen MR) is 176 cm³/mol. The Labute approximate surface area is 248 Å². The van der Waals surface area contributed by atoms with Crippen LogP contribution in [0.4, 0.5) is 0 Å². The molecule has 1 rings (SSSR count). The van der Waals surface area contributed by atoms with Gasteiger partial charge in [-0.05, 0) is 95.6 Å². The molecule has 40 heavy (non-hydrogen) atoms. The van der Waals surface area contributed by atoms with Gasteiger partial charge >= 0.3 is 5.97 Å². The third kappa shape index (κ3) is 18.1. The van der Waals surface area contributed by atoms with Crippen LogP contribution in [0.2, 0.25) is 0 Å². The van der Waals surface area contributed by atoms with Crippen LogP contribution < -0.4 is 0 Å². The molecule has 2 heteroatoms. The molecule has 0 N–H and O–H groups in total. The van der Waals surface area contributed by atoms with Crippen molar-refractivity contribution in [3.8, 4) is 0 Å². The molecular formula is C38H60O2. The lowest BCUT2D eigenvalue weighted by atomic mass is 9.72. The molecule has 0 saturated heterocycles. The number of hydrogen-bond donors (Lipinski definition) is 0. The first kappa shape index (κ1) is 35.7. The second-order valence-corrected chi connectivity index (χ2v) is 12.1. The second-order valence-electron chi connectivity index (χ2n) is 12.1. The molecule has 0 radical (unpaired) electrons. The zero-order valence-electron chi connectivity index (χ0n) is 26.9. The first-order chi connectivity index (χ1) is 19.3. The molecule has 0 aromatic rings. The van der Waals surface area contributed by atoms with E-state index >= 15 is 0 Å². The van der Waals surface area contributed by atoms with E-state index in [9.17, 15) is 4.79 Å². The van der Waals surface area contributed by atoms with Gasteiger partial charge in [-0.1, -0.05) is 124 Å². The lowest BCUT2D eigenvalue weighted by molar-refractivity contribution is -0.142. The summed E-state index contributed by atoms with van der Waals surface area (Å²) in [7, 11) is 0. The van der Waals surface area contributed by atoms with Gasteiger partial charge in [0.05, 0.1) is 0 Å². The monoisotopic (exact) mass is 548 g/mol. The maximum absolute atomic E-state index is 12.0. The number of rotatable bonds is 20. The summed E-state index contributed by atoms with van der Waals surface area (Å²) >= 11 is 0. The Balaban J connectivity index is 2.14. The van der Waals surface area contributed by atoms with Crippen molar-refractivity contribution in [3.63, 3.8) is 0 Å².